The Morgan fingerprint density at radius 2 is 1.93 bits per heavy atom. The minimum absolute atomic E-state index is 0.775. The molecule has 0 aromatic carbocycles. The maximum absolute atomic E-state index is 5.60. The second kappa shape index (κ2) is 10.4. The monoisotopic (exact) mass is 215 g/mol. The van der Waals surface area contributed by atoms with Crippen LogP contribution in [0.1, 0.15) is 46.5 Å². The summed E-state index contributed by atoms with van der Waals surface area (Å²) in [4.78, 5) is 0. The van der Waals surface area contributed by atoms with Gasteiger partial charge in [-0.25, -0.2) is 0 Å². The van der Waals surface area contributed by atoms with E-state index in [1.807, 2.05) is 7.05 Å². The van der Waals surface area contributed by atoms with Crippen LogP contribution in [0.2, 0.25) is 0 Å². The van der Waals surface area contributed by atoms with Crippen molar-refractivity contribution in [3.63, 3.8) is 0 Å². The molecule has 0 saturated carbocycles. The Morgan fingerprint density at radius 1 is 1.20 bits per heavy atom. The summed E-state index contributed by atoms with van der Waals surface area (Å²) in [5.74, 6) is 1.57. The van der Waals surface area contributed by atoms with Crippen molar-refractivity contribution in [2.24, 2.45) is 11.8 Å². The van der Waals surface area contributed by atoms with Crippen molar-refractivity contribution < 1.29 is 4.74 Å². The summed E-state index contributed by atoms with van der Waals surface area (Å²) in [6.07, 6.45) is 4.92. The predicted molar refractivity (Wildman–Crippen MR) is 67.2 cm³/mol. The summed E-state index contributed by atoms with van der Waals surface area (Å²) in [5.41, 5.74) is 0. The average Bonchev–Trinajstić information content (AvgIpc) is 2.17. The van der Waals surface area contributed by atoms with Crippen molar-refractivity contribution in [1.29, 1.82) is 0 Å². The van der Waals surface area contributed by atoms with Gasteiger partial charge in [0.05, 0.1) is 0 Å². The molecule has 0 aromatic rings. The highest BCUT2D eigenvalue weighted by atomic mass is 16.5. The van der Waals surface area contributed by atoms with Gasteiger partial charge >= 0.3 is 0 Å². The molecular weight excluding hydrogens is 186 g/mol. The van der Waals surface area contributed by atoms with E-state index in [1.54, 1.807) is 0 Å². The fourth-order valence-corrected chi connectivity index (χ4v) is 1.86. The maximum Gasteiger partial charge on any atom is 0.0469 e. The van der Waals surface area contributed by atoms with E-state index in [1.165, 1.54) is 25.7 Å². The van der Waals surface area contributed by atoms with Gasteiger partial charge in [-0.2, -0.15) is 0 Å². The van der Waals surface area contributed by atoms with E-state index in [9.17, 15) is 0 Å². The zero-order valence-corrected chi connectivity index (χ0v) is 11.0. The third-order valence-electron chi connectivity index (χ3n) is 2.61. The Morgan fingerprint density at radius 3 is 2.47 bits per heavy atom. The minimum atomic E-state index is 0.775. The SMILES string of the molecule is CCCCOCCC(CNC)CC(C)C. The lowest BCUT2D eigenvalue weighted by atomic mass is 9.94. The van der Waals surface area contributed by atoms with Crippen LogP contribution in [0.15, 0.2) is 0 Å². The van der Waals surface area contributed by atoms with E-state index in [4.69, 9.17) is 4.74 Å². The predicted octanol–water partition coefficient (Wildman–Crippen LogP) is 3.07. The highest BCUT2D eigenvalue weighted by Gasteiger charge is 2.09. The second-order valence-electron chi connectivity index (χ2n) is 4.81. The van der Waals surface area contributed by atoms with E-state index < -0.39 is 0 Å². The molecule has 1 N–H and O–H groups in total. The number of nitrogens with one attached hydrogen (secondary N) is 1. The summed E-state index contributed by atoms with van der Waals surface area (Å²) >= 11 is 0. The molecule has 0 fully saturated rings. The Hall–Kier alpha value is -0.0800. The summed E-state index contributed by atoms with van der Waals surface area (Å²) in [5, 5.41) is 3.27. The first-order chi connectivity index (χ1) is 7.20. The first-order valence-electron chi connectivity index (χ1n) is 6.43. The highest BCUT2D eigenvalue weighted by Crippen LogP contribution is 2.14. The van der Waals surface area contributed by atoms with Gasteiger partial charge in [0.1, 0.15) is 0 Å². The lowest BCUT2D eigenvalue weighted by molar-refractivity contribution is 0.114. The van der Waals surface area contributed by atoms with Gasteiger partial charge in [-0.15, -0.1) is 0 Å². The lowest BCUT2D eigenvalue weighted by Crippen LogP contribution is -2.21. The molecule has 0 aliphatic rings. The van der Waals surface area contributed by atoms with E-state index in [0.29, 0.717) is 0 Å². The standard InChI is InChI=1S/C13H29NO/c1-5-6-8-15-9-7-13(11-14-4)10-12(2)3/h12-14H,5-11H2,1-4H3. The fourth-order valence-electron chi connectivity index (χ4n) is 1.86. The molecule has 0 radical (unpaired) electrons. The van der Waals surface area contributed by atoms with Crippen LogP contribution in [-0.2, 0) is 4.74 Å². The quantitative estimate of drug-likeness (QED) is 0.565. The normalized spacial score (nSPS) is 13.4. The van der Waals surface area contributed by atoms with Crippen molar-refractivity contribution in [2.45, 2.75) is 46.5 Å². The molecule has 2 nitrogen and oxygen atoms in total. The van der Waals surface area contributed by atoms with Crippen LogP contribution >= 0.6 is 0 Å². The molecule has 0 aliphatic heterocycles. The number of hydrogen-bond acceptors (Lipinski definition) is 2. The molecule has 0 heterocycles. The zero-order valence-electron chi connectivity index (χ0n) is 11.0. The summed E-state index contributed by atoms with van der Waals surface area (Å²) < 4.78 is 5.60. The topological polar surface area (TPSA) is 21.3 Å². The summed E-state index contributed by atoms with van der Waals surface area (Å²) in [7, 11) is 2.03. The summed E-state index contributed by atoms with van der Waals surface area (Å²) in [6, 6.07) is 0. The number of ether oxygens (including phenoxy) is 1. The Labute approximate surface area is 95.8 Å². The second-order valence-corrected chi connectivity index (χ2v) is 4.81. The van der Waals surface area contributed by atoms with E-state index in [2.05, 4.69) is 26.1 Å². The molecule has 0 saturated heterocycles. The van der Waals surface area contributed by atoms with Crippen LogP contribution < -0.4 is 5.32 Å². The molecule has 0 spiro atoms. The molecule has 0 aromatic heterocycles. The van der Waals surface area contributed by atoms with Gasteiger partial charge in [-0.1, -0.05) is 27.2 Å². The molecule has 1 unspecified atom stereocenters. The molecule has 0 amide bonds. The smallest absolute Gasteiger partial charge is 0.0469 e. The van der Waals surface area contributed by atoms with Crippen molar-refractivity contribution in [1.82, 2.24) is 5.32 Å². The zero-order chi connectivity index (χ0) is 11.5. The van der Waals surface area contributed by atoms with Gasteiger partial charge in [-0.05, 0) is 44.7 Å². The summed E-state index contributed by atoms with van der Waals surface area (Å²) in [6.45, 7) is 9.77. The number of hydrogen-bond donors (Lipinski definition) is 1. The third-order valence-corrected chi connectivity index (χ3v) is 2.61. The molecule has 0 bridgehead atoms. The molecule has 0 aliphatic carbocycles. The molecule has 1 atom stereocenters. The third kappa shape index (κ3) is 10.2. The molecule has 92 valence electrons. The highest BCUT2D eigenvalue weighted by molar-refractivity contribution is 4.63. The first kappa shape index (κ1) is 14.9. The van der Waals surface area contributed by atoms with Crippen LogP contribution in [0, 0.1) is 11.8 Å². The van der Waals surface area contributed by atoms with Crippen LogP contribution in [0.4, 0.5) is 0 Å². The fraction of sp³-hybridized carbons (Fsp3) is 1.00. The van der Waals surface area contributed by atoms with Gasteiger partial charge in [-0.3, -0.25) is 0 Å². The van der Waals surface area contributed by atoms with Crippen molar-refractivity contribution >= 4 is 0 Å². The van der Waals surface area contributed by atoms with Crippen LogP contribution in [0.25, 0.3) is 0 Å². The van der Waals surface area contributed by atoms with Crippen molar-refractivity contribution in [3.8, 4) is 0 Å². The van der Waals surface area contributed by atoms with Crippen molar-refractivity contribution in [2.75, 3.05) is 26.8 Å². The maximum atomic E-state index is 5.60. The van der Waals surface area contributed by atoms with E-state index >= 15 is 0 Å². The molecule has 15 heavy (non-hydrogen) atoms. The Bertz CT molecular complexity index is 126. The molecule has 0 rings (SSSR count). The number of rotatable bonds is 10. The lowest BCUT2D eigenvalue weighted by Gasteiger charge is -2.18. The Balaban J connectivity index is 3.47. The van der Waals surface area contributed by atoms with E-state index in [-0.39, 0.29) is 0 Å². The van der Waals surface area contributed by atoms with Crippen LogP contribution in [0.3, 0.4) is 0 Å². The average molecular weight is 215 g/mol. The van der Waals surface area contributed by atoms with Gasteiger partial charge < -0.3 is 10.1 Å². The van der Waals surface area contributed by atoms with Crippen LogP contribution in [0.5, 0.6) is 0 Å². The largest absolute Gasteiger partial charge is 0.381 e. The first-order valence-corrected chi connectivity index (χ1v) is 6.43. The van der Waals surface area contributed by atoms with Gasteiger partial charge in [0.2, 0.25) is 0 Å². The molecule has 2 heteroatoms. The van der Waals surface area contributed by atoms with Crippen molar-refractivity contribution in [3.05, 3.63) is 0 Å². The van der Waals surface area contributed by atoms with E-state index in [0.717, 1.165) is 31.6 Å². The number of unbranched alkanes of at least 4 members (excludes halogenated alkanes) is 1. The Kier molecular flexibility index (Phi) is 10.4. The van der Waals surface area contributed by atoms with Gasteiger partial charge in [0, 0.05) is 13.2 Å². The minimum Gasteiger partial charge on any atom is -0.381 e. The molecular formula is C13H29NO. The van der Waals surface area contributed by atoms with Gasteiger partial charge in [0.15, 0.2) is 0 Å². The van der Waals surface area contributed by atoms with Gasteiger partial charge in [0.25, 0.3) is 0 Å². The van der Waals surface area contributed by atoms with Crippen LogP contribution in [-0.4, -0.2) is 26.8 Å².